The lowest BCUT2D eigenvalue weighted by molar-refractivity contribution is -0.139. The number of aromatic amines is 1. The number of hydrogen-bond donors (Lipinski definition) is 4. The molecule has 0 aliphatic heterocycles. The second-order valence-electron chi connectivity index (χ2n) is 4.18. The number of carboxylic acids is 1. The van der Waals surface area contributed by atoms with E-state index >= 15 is 0 Å². The van der Waals surface area contributed by atoms with Gasteiger partial charge in [0, 0.05) is 30.6 Å². The Kier molecular flexibility index (Phi) is 3.70. The Morgan fingerprint density at radius 2 is 2.11 bits per heavy atom. The van der Waals surface area contributed by atoms with Crippen molar-refractivity contribution >= 4 is 22.9 Å². The maximum absolute atomic E-state index is 11.2. The van der Waals surface area contributed by atoms with Crippen LogP contribution in [0.4, 0.5) is 4.79 Å². The number of carboxylic acid groups (broad SMARTS) is 1. The van der Waals surface area contributed by atoms with Crippen LogP contribution in [0.1, 0.15) is 5.56 Å². The Balaban J connectivity index is 2.21. The molecule has 2 rings (SSSR count). The van der Waals surface area contributed by atoms with Gasteiger partial charge in [0.15, 0.2) is 0 Å². The summed E-state index contributed by atoms with van der Waals surface area (Å²) in [6.07, 6.45) is 2.00. The number of aliphatic carboxylic acids is 1. The highest BCUT2D eigenvalue weighted by atomic mass is 16.4. The van der Waals surface area contributed by atoms with E-state index in [0.717, 1.165) is 16.5 Å². The summed E-state index contributed by atoms with van der Waals surface area (Å²) in [5.74, 6) is -1.06. The van der Waals surface area contributed by atoms with E-state index in [1.165, 1.54) is 7.05 Å². The lowest BCUT2D eigenvalue weighted by atomic mass is 10.1. The standard InChI is InChI=1S/C13H15N3O3/c1-14-13(19)16-11(12(17)18)6-8-7-15-10-5-3-2-4-9(8)10/h2-5,7,11,15H,6H2,1H3,(H,17,18)(H2,14,16,19)/t11-/m1/s1. The maximum atomic E-state index is 11.2. The van der Waals surface area contributed by atoms with Crippen LogP contribution in [0.3, 0.4) is 0 Å². The first-order chi connectivity index (χ1) is 9.11. The van der Waals surface area contributed by atoms with Crippen molar-refractivity contribution in [2.75, 3.05) is 7.05 Å². The van der Waals surface area contributed by atoms with Crippen LogP contribution >= 0.6 is 0 Å². The molecule has 19 heavy (non-hydrogen) atoms. The normalized spacial score (nSPS) is 12.1. The molecule has 2 amide bonds. The van der Waals surface area contributed by atoms with E-state index in [9.17, 15) is 9.59 Å². The zero-order chi connectivity index (χ0) is 13.8. The molecule has 0 bridgehead atoms. The summed E-state index contributed by atoms with van der Waals surface area (Å²) in [5, 5.41) is 14.9. The van der Waals surface area contributed by atoms with Gasteiger partial charge >= 0.3 is 12.0 Å². The smallest absolute Gasteiger partial charge is 0.326 e. The number of urea groups is 1. The van der Waals surface area contributed by atoms with Crippen molar-refractivity contribution in [1.82, 2.24) is 15.6 Å². The minimum absolute atomic E-state index is 0.229. The van der Waals surface area contributed by atoms with Crippen molar-refractivity contribution < 1.29 is 14.7 Å². The van der Waals surface area contributed by atoms with Crippen LogP contribution in [0.15, 0.2) is 30.5 Å². The molecule has 0 saturated heterocycles. The lowest BCUT2D eigenvalue weighted by Crippen LogP contribution is -2.46. The fourth-order valence-corrected chi connectivity index (χ4v) is 1.95. The van der Waals surface area contributed by atoms with Crippen LogP contribution in [0.25, 0.3) is 10.9 Å². The molecule has 0 spiro atoms. The number of aromatic nitrogens is 1. The third-order valence-corrected chi connectivity index (χ3v) is 2.93. The highest BCUT2D eigenvalue weighted by Gasteiger charge is 2.21. The molecule has 0 aliphatic rings. The number of para-hydroxylation sites is 1. The lowest BCUT2D eigenvalue weighted by Gasteiger charge is -2.13. The van der Waals surface area contributed by atoms with Crippen LogP contribution in [0.2, 0.25) is 0 Å². The van der Waals surface area contributed by atoms with Crippen LogP contribution in [-0.2, 0) is 11.2 Å². The van der Waals surface area contributed by atoms with Crippen LogP contribution in [0.5, 0.6) is 0 Å². The monoisotopic (exact) mass is 261 g/mol. The number of H-pyrrole nitrogens is 1. The number of carbonyl (C=O) groups is 2. The molecule has 2 aromatic rings. The molecule has 1 atom stereocenters. The van der Waals surface area contributed by atoms with Crippen molar-refractivity contribution in [3.8, 4) is 0 Å². The van der Waals surface area contributed by atoms with Gasteiger partial charge in [-0.3, -0.25) is 0 Å². The highest BCUT2D eigenvalue weighted by Crippen LogP contribution is 2.19. The highest BCUT2D eigenvalue weighted by molar-refractivity contribution is 5.86. The Morgan fingerprint density at radius 3 is 2.79 bits per heavy atom. The molecule has 1 heterocycles. The molecule has 0 radical (unpaired) electrons. The van der Waals surface area contributed by atoms with Gasteiger partial charge in [-0.05, 0) is 11.6 Å². The van der Waals surface area contributed by atoms with Gasteiger partial charge in [0.25, 0.3) is 0 Å². The fraction of sp³-hybridized carbons (Fsp3) is 0.231. The topological polar surface area (TPSA) is 94.2 Å². The summed E-state index contributed by atoms with van der Waals surface area (Å²) in [4.78, 5) is 25.5. The van der Waals surface area contributed by atoms with E-state index < -0.39 is 18.0 Å². The third-order valence-electron chi connectivity index (χ3n) is 2.93. The summed E-state index contributed by atoms with van der Waals surface area (Å²) in [6.45, 7) is 0. The summed E-state index contributed by atoms with van der Waals surface area (Å²) < 4.78 is 0. The van der Waals surface area contributed by atoms with E-state index in [1.807, 2.05) is 24.3 Å². The largest absolute Gasteiger partial charge is 0.480 e. The average Bonchev–Trinajstić information content (AvgIpc) is 2.81. The first-order valence-corrected chi connectivity index (χ1v) is 5.88. The molecule has 0 aliphatic carbocycles. The molecule has 0 unspecified atom stereocenters. The number of fused-ring (bicyclic) bond motifs is 1. The van der Waals surface area contributed by atoms with Crippen molar-refractivity contribution in [3.63, 3.8) is 0 Å². The Morgan fingerprint density at radius 1 is 1.37 bits per heavy atom. The molecule has 4 N–H and O–H groups in total. The number of amides is 2. The van der Waals surface area contributed by atoms with E-state index in [-0.39, 0.29) is 6.42 Å². The Labute approximate surface area is 109 Å². The SMILES string of the molecule is CNC(=O)N[C@H](Cc1c[nH]c2ccccc12)C(=O)O. The molecule has 100 valence electrons. The molecule has 1 aromatic carbocycles. The quantitative estimate of drug-likeness (QED) is 0.663. The molecule has 6 nitrogen and oxygen atoms in total. The Bertz CT molecular complexity index is 606. The predicted molar refractivity (Wildman–Crippen MR) is 71.0 cm³/mol. The molecule has 0 saturated carbocycles. The van der Waals surface area contributed by atoms with E-state index in [1.54, 1.807) is 6.20 Å². The van der Waals surface area contributed by atoms with Crippen LogP contribution < -0.4 is 10.6 Å². The number of nitrogens with one attached hydrogen (secondary N) is 3. The van der Waals surface area contributed by atoms with Crippen molar-refractivity contribution in [1.29, 1.82) is 0 Å². The van der Waals surface area contributed by atoms with E-state index in [4.69, 9.17) is 5.11 Å². The van der Waals surface area contributed by atoms with E-state index in [2.05, 4.69) is 15.6 Å². The van der Waals surface area contributed by atoms with Crippen LogP contribution in [-0.4, -0.2) is 35.2 Å². The van der Waals surface area contributed by atoms with Gasteiger partial charge < -0.3 is 20.7 Å². The number of carbonyl (C=O) groups excluding carboxylic acids is 1. The minimum Gasteiger partial charge on any atom is -0.480 e. The van der Waals surface area contributed by atoms with Gasteiger partial charge in [-0.2, -0.15) is 0 Å². The zero-order valence-corrected chi connectivity index (χ0v) is 10.4. The van der Waals surface area contributed by atoms with Gasteiger partial charge in [-0.15, -0.1) is 0 Å². The van der Waals surface area contributed by atoms with Crippen molar-refractivity contribution in [2.45, 2.75) is 12.5 Å². The second-order valence-corrected chi connectivity index (χ2v) is 4.18. The summed E-state index contributed by atoms with van der Waals surface area (Å²) in [6, 6.07) is 6.16. The van der Waals surface area contributed by atoms with Gasteiger partial charge in [-0.1, -0.05) is 18.2 Å². The minimum atomic E-state index is -1.06. The Hall–Kier alpha value is -2.50. The number of benzene rings is 1. The summed E-state index contributed by atoms with van der Waals surface area (Å²) in [5.41, 5.74) is 1.81. The van der Waals surface area contributed by atoms with Crippen molar-refractivity contribution in [2.24, 2.45) is 0 Å². The molecule has 6 heteroatoms. The fourth-order valence-electron chi connectivity index (χ4n) is 1.95. The number of rotatable bonds is 4. The first kappa shape index (κ1) is 12.9. The van der Waals surface area contributed by atoms with Gasteiger partial charge in [0.1, 0.15) is 6.04 Å². The third kappa shape index (κ3) is 2.85. The molecular weight excluding hydrogens is 246 g/mol. The molecular formula is C13H15N3O3. The van der Waals surface area contributed by atoms with Crippen molar-refractivity contribution in [3.05, 3.63) is 36.0 Å². The van der Waals surface area contributed by atoms with E-state index in [0.29, 0.717) is 0 Å². The molecule has 0 fully saturated rings. The van der Waals surface area contributed by atoms with Gasteiger partial charge in [0.05, 0.1) is 0 Å². The number of hydrogen-bond acceptors (Lipinski definition) is 2. The first-order valence-electron chi connectivity index (χ1n) is 5.88. The van der Waals surface area contributed by atoms with Gasteiger partial charge in [0.2, 0.25) is 0 Å². The van der Waals surface area contributed by atoms with Gasteiger partial charge in [-0.25, -0.2) is 9.59 Å². The average molecular weight is 261 g/mol. The van der Waals surface area contributed by atoms with Crippen LogP contribution in [0, 0.1) is 0 Å². The summed E-state index contributed by atoms with van der Waals surface area (Å²) >= 11 is 0. The summed E-state index contributed by atoms with van der Waals surface area (Å²) in [7, 11) is 1.44. The predicted octanol–water partition coefficient (Wildman–Crippen LogP) is 1.09. The zero-order valence-electron chi connectivity index (χ0n) is 10.4. The molecule has 1 aromatic heterocycles. The second kappa shape index (κ2) is 5.43. The maximum Gasteiger partial charge on any atom is 0.326 e.